The second-order valence-corrected chi connectivity index (χ2v) is 3.76. The Labute approximate surface area is 126 Å². The molecule has 0 aromatic heterocycles. The van der Waals surface area contributed by atoms with Gasteiger partial charge in [-0.15, -0.1) is 12.1 Å². The number of hydrogen-bond acceptors (Lipinski definition) is 1. The van der Waals surface area contributed by atoms with Crippen molar-refractivity contribution >= 4 is 17.3 Å². The molecule has 0 saturated heterocycles. The van der Waals surface area contributed by atoms with E-state index in [1.54, 1.807) is 6.08 Å². The van der Waals surface area contributed by atoms with Gasteiger partial charge in [-0.25, -0.2) is 0 Å². The van der Waals surface area contributed by atoms with Crippen molar-refractivity contribution in [1.82, 2.24) is 4.90 Å². The van der Waals surface area contributed by atoms with Gasteiger partial charge in [-0.1, -0.05) is 36.0 Å². The Kier molecular flexibility index (Phi) is 4.98. The summed E-state index contributed by atoms with van der Waals surface area (Å²) in [6.45, 7) is 3.92. The van der Waals surface area contributed by atoms with Crippen LogP contribution in [-0.2, 0) is 32.7 Å². The number of hydrogen-bond donors (Lipinski definition) is 0. The predicted octanol–water partition coefficient (Wildman–Crippen LogP) is 3.41. The van der Waals surface area contributed by atoms with E-state index in [-0.39, 0.29) is 32.7 Å². The molecule has 16 heavy (non-hydrogen) atoms. The van der Waals surface area contributed by atoms with Crippen LogP contribution in [0, 0.1) is 6.08 Å². The molecule has 0 aliphatic carbocycles. The summed E-state index contributed by atoms with van der Waals surface area (Å²) in [6, 6.07) is 10.1. The van der Waals surface area contributed by atoms with Crippen LogP contribution in [-0.4, -0.2) is 11.9 Å². The van der Waals surface area contributed by atoms with E-state index >= 15 is 0 Å². The minimum atomic E-state index is 0. The molecule has 1 radical (unpaired) electrons. The van der Waals surface area contributed by atoms with E-state index in [1.165, 1.54) is 0 Å². The van der Waals surface area contributed by atoms with Gasteiger partial charge in [-0.2, -0.15) is 23.8 Å². The summed E-state index contributed by atoms with van der Waals surface area (Å²) in [6.07, 6.45) is 4.91. The number of rotatable bonds is 1. The zero-order valence-corrected chi connectivity index (χ0v) is 12.7. The topological polar surface area (TPSA) is 3.24 Å². The van der Waals surface area contributed by atoms with Crippen molar-refractivity contribution in [3.8, 4) is 0 Å². The molecule has 0 fully saturated rings. The molecule has 1 heterocycles. The number of nitrogens with zero attached hydrogens (tertiary/aromatic N) is 1. The van der Waals surface area contributed by atoms with Gasteiger partial charge in [0, 0.05) is 39.8 Å². The normalized spacial score (nSPS) is 15.1. The third kappa shape index (κ3) is 2.65. The minimum absolute atomic E-state index is 0. The SMILES string of the molecule is C=C1C(Cl)=C[C-]=C(c2ccccc2)N1C.[Y]. The zero-order valence-electron chi connectivity index (χ0n) is 9.07. The summed E-state index contributed by atoms with van der Waals surface area (Å²) >= 11 is 5.96. The van der Waals surface area contributed by atoms with Crippen LogP contribution < -0.4 is 0 Å². The van der Waals surface area contributed by atoms with Crippen LogP contribution in [0.15, 0.2) is 53.7 Å². The van der Waals surface area contributed by atoms with Gasteiger partial charge in [0.15, 0.2) is 0 Å². The molecule has 0 atom stereocenters. The molecule has 1 aliphatic rings. The maximum Gasteiger partial charge on any atom is 0.00850 e. The van der Waals surface area contributed by atoms with Gasteiger partial charge in [0.05, 0.1) is 0 Å². The third-order valence-electron chi connectivity index (χ3n) is 2.40. The second-order valence-electron chi connectivity index (χ2n) is 3.36. The molecule has 3 heteroatoms. The summed E-state index contributed by atoms with van der Waals surface area (Å²) in [5, 5.41) is 0.636. The molecular formula is C13H11ClNY-. The minimum Gasteiger partial charge on any atom is -0.377 e. The fraction of sp³-hybridized carbons (Fsp3) is 0.0769. The molecule has 0 unspecified atom stereocenters. The maximum absolute atomic E-state index is 5.96. The van der Waals surface area contributed by atoms with E-state index in [0.717, 1.165) is 17.0 Å². The standard InChI is InChI=1S/C13H11ClN.Y/c1-10-12(14)8-9-13(15(10)2)11-6-4-3-5-7-11;/h3-8H,1H2,2H3;/q-1;. The van der Waals surface area contributed by atoms with Crippen LogP contribution in [0.3, 0.4) is 0 Å². The Morgan fingerprint density at radius 2 is 1.88 bits per heavy atom. The van der Waals surface area contributed by atoms with Crippen molar-refractivity contribution < 1.29 is 32.7 Å². The first-order valence-electron chi connectivity index (χ1n) is 4.67. The largest absolute Gasteiger partial charge is 0.377 e. The Morgan fingerprint density at radius 1 is 1.25 bits per heavy atom. The molecule has 0 saturated carbocycles. The number of allylic oxidation sites excluding steroid dienone is 3. The molecule has 1 nitrogen and oxygen atoms in total. The molecule has 1 aliphatic heterocycles. The van der Waals surface area contributed by atoms with Crippen molar-refractivity contribution in [1.29, 1.82) is 0 Å². The third-order valence-corrected chi connectivity index (χ3v) is 2.73. The van der Waals surface area contributed by atoms with Crippen LogP contribution in [0.1, 0.15) is 5.56 Å². The van der Waals surface area contributed by atoms with Crippen LogP contribution >= 0.6 is 11.6 Å². The van der Waals surface area contributed by atoms with Crippen LogP contribution in [0.5, 0.6) is 0 Å². The van der Waals surface area contributed by atoms with Crippen LogP contribution in [0.2, 0.25) is 0 Å². The van der Waals surface area contributed by atoms with Crippen molar-refractivity contribution in [2.45, 2.75) is 0 Å². The fourth-order valence-corrected chi connectivity index (χ4v) is 1.66. The van der Waals surface area contributed by atoms with Gasteiger partial charge in [0.1, 0.15) is 0 Å². The zero-order chi connectivity index (χ0) is 10.8. The Bertz CT molecular complexity index is 448. The molecule has 79 valence electrons. The molecule has 2 rings (SSSR count). The molecule has 0 amide bonds. The van der Waals surface area contributed by atoms with Crippen molar-refractivity contribution in [2.24, 2.45) is 0 Å². The van der Waals surface area contributed by atoms with Crippen molar-refractivity contribution in [3.05, 3.63) is 65.4 Å². The first kappa shape index (κ1) is 13.7. The summed E-state index contributed by atoms with van der Waals surface area (Å²) in [4.78, 5) is 1.94. The van der Waals surface area contributed by atoms with Crippen LogP contribution in [0.25, 0.3) is 5.70 Å². The van der Waals surface area contributed by atoms with E-state index < -0.39 is 0 Å². The fourth-order valence-electron chi connectivity index (χ4n) is 1.48. The number of likely N-dealkylation sites (N-methyl/N-ethyl adjacent to an activating group) is 1. The smallest absolute Gasteiger partial charge is 0.00850 e. The van der Waals surface area contributed by atoms with E-state index in [2.05, 4.69) is 12.7 Å². The monoisotopic (exact) mass is 305 g/mol. The second kappa shape index (κ2) is 5.81. The molecule has 1 aromatic rings. The summed E-state index contributed by atoms with van der Waals surface area (Å²) in [5.74, 6) is 0. The van der Waals surface area contributed by atoms with Gasteiger partial charge in [0.2, 0.25) is 0 Å². The van der Waals surface area contributed by atoms with E-state index in [1.807, 2.05) is 42.3 Å². The first-order valence-corrected chi connectivity index (χ1v) is 5.05. The summed E-state index contributed by atoms with van der Waals surface area (Å²) in [7, 11) is 1.94. The maximum atomic E-state index is 5.96. The van der Waals surface area contributed by atoms with E-state index in [4.69, 9.17) is 11.6 Å². The first-order chi connectivity index (χ1) is 7.20. The van der Waals surface area contributed by atoms with E-state index in [0.29, 0.717) is 5.03 Å². The molecule has 1 aromatic carbocycles. The molecule has 0 bridgehead atoms. The molecule has 0 spiro atoms. The van der Waals surface area contributed by atoms with Gasteiger partial charge in [-0.05, 0) is 10.7 Å². The van der Waals surface area contributed by atoms with Crippen LogP contribution in [0.4, 0.5) is 0 Å². The predicted molar refractivity (Wildman–Crippen MR) is 63.9 cm³/mol. The number of halogens is 1. The van der Waals surface area contributed by atoms with Crippen molar-refractivity contribution in [3.63, 3.8) is 0 Å². The Balaban J connectivity index is 0.00000128. The quantitative estimate of drug-likeness (QED) is 0.719. The van der Waals surface area contributed by atoms with Gasteiger partial charge >= 0.3 is 0 Å². The number of benzene rings is 1. The van der Waals surface area contributed by atoms with Gasteiger partial charge in [-0.3, -0.25) is 0 Å². The molecular weight excluding hydrogens is 295 g/mol. The Morgan fingerprint density at radius 3 is 2.50 bits per heavy atom. The average molecular weight is 306 g/mol. The van der Waals surface area contributed by atoms with Gasteiger partial charge < -0.3 is 4.90 Å². The summed E-state index contributed by atoms with van der Waals surface area (Å²) < 4.78 is 0. The van der Waals surface area contributed by atoms with Gasteiger partial charge in [0.25, 0.3) is 0 Å². The average Bonchev–Trinajstić information content (AvgIpc) is 2.27. The Hall–Kier alpha value is -0.366. The van der Waals surface area contributed by atoms with E-state index in [9.17, 15) is 0 Å². The molecule has 0 N–H and O–H groups in total. The summed E-state index contributed by atoms with van der Waals surface area (Å²) in [5.41, 5.74) is 2.90. The van der Waals surface area contributed by atoms with Crippen molar-refractivity contribution in [2.75, 3.05) is 7.05 Å².